The molecule has 1 aromatic carbocycles. The minimum atomic E-state index is -3.40. The fourth-order valence-corrected chi connectivity index (χ4v) is 1.37. The van der Waals surface area contributed by atoms with Gasteiger partial charge in [-0.05, 0) is 17.7 Å². The van der Waals surface area contributed by atoms with E-state index in [9.17, 15) is 8.42 Å². The number of ether oxygens (including phenoxy) is 1. The van der Waals surface area contributed by atoms with Crippen molar-refractivity contribution in [2.75, 3.05) is 20.0 Å². The van der Waals surface area contributed by atoms with Crippen LogP contribution in [-0.2, 0) is 20.7 Å². The zero-order valence-electron chi connectivity index (χ0n) is 9.76. The first-order valence-electron chi connectivity index (χ1n) is 4.94. The molecule has 0 spiro atoms. The van der Waals surface area contributed by atoms with Gasteiger partial charge in [-0.15, -0.1) is 0 Å². The van der Waals surface area contributed by atoms with Crippen molar-refractivity contribution in [3.05, 3.63) is 29.8 Å². The molecule has 5 heteroatoms. The van der Waals surface area contributed by atoms with Crippen LogP contribution in [0.15, 0.2) is 24.3 Å². The van der Waals surface area contributed by atoms with Gasteiger partial charge in [0.1, 0.15) is 12.4 Å². The number of methoxy groups -OCH3 is 1. The molecule has 0 bridgehead atoms. The van der Waals surface area contributed by atoms with Crippen LogP contribution in [0.4, 0.5) is 0 Å². The standard InChI is InChI=1S/C12H14O4S/c1-15-12-8-6-11(7-9-12)5-3-4-10-16-17(2,13)14/h6-9H,5,10H2,1-2H3. The van der Waals surface area contributed by atoms with Crippen LogP contribution >= 0.6 is 0 Å². The van der Waals surface area contributed by atoms with E-state index in [-0.39, 0.29) is 6.61 Å². The Labute approximate surface area is 102 Å². The average molecular weight is 254 g/mol. The first-order valence-corrected chi connectivity index (χ1v) is 6.76. The van der Waals surface area contributed by atoms with Gasteiger partial charge in [0.15, 0.2) is 0 Å². The van der Waals surface area contributed by atoms with Crippen LogP contribution < -0.4 is 4.74 Å². The second kappa shape index (κ2) is 6.28. The molecule has 0 unspecified atom stereocenters. The second-order valence-corrected chi connectivity index (χ2v) is 4.99. The summed E-state index contributed by atoms with van der Waals surface area (Å²) >= 11 is 0. The number of rotatable bonds is 4. The van der Waals surface area contributed by atoms with Crippen molar-refractivity contribution in [1.29, 1.82) is 0 Å². The van der Waals surface area contributed by atoms with E-state index in [0.717, 1.165) is 17.6 Å². The number of benzene rings is 1. The van der Waals surface area contributed by atoms with E-state index in [2.05, 4.69) is 16.0 Å². The summed E-state index contributed by atoms with van der Waals surface area (Å²) in [6.07, 6.45) is 1.55. The van der Waals surface area contributed by atoms with E-state index >= 15 is 0 Å². The molecule has 0 aromatic heterocycles. The topological polar surface area (TPSA) is 52.6 Å². The summed E-state index contributed by atoms with van der Waals surface area (Å²) in [6, 6.07) is 7.52. The van der Waals surface area contributed by atoms with Crippen LogP contribution in [0.25, 0.3) is 0 Å². The molecule has 0 fully saturated rings. The lowest BCUT2D eigenvalue weighted by molar-refractivity contribution is 0.368. The molecule has 0 aliphatic rings. The third kappa shape index (κ3) is 5.95. The lowest BCUT2D eigenvalue weighted by Crippen LogP contribution is -2.02. The summed E-state index contributed by atoms with van der Waals surface area (Å²) in [5.41, 5.74) is 1.04. The largest absolute Gasteiger partial charge is 0.497 e. The normalized spacial score (nSPS) is 10.5. The number of hydrogen-bond acceptors (Lipinski definition) is 4. The van der Waals surface area contributed by atoms with Crippen molar-refractivity contribution >= 4 is 10.1 Å². The molecular weight excluding hydrogens is 240 g/mol. The maximum atomic E-state index is 10.6. The van der Waals surface area contributed by atoms with Crippen molar-refractivity contribution in [1.82, 2.24) is 0 Å². The molecule has 0 radical (unpaired) electrons. The molecule has 1 aromatic rings. The molecule has 0 saturated carbocycles. The summed E-state index contributed by atoms with van der Waals surface area (Å²) < 4.78 is 30.8. The Morgan fingerprint density at radius 2 is 1.82 bits per heavy atom. The summed E-state index contributed by atoms with van der Waals surface area (Å²) in [5, 5.41) is 0. The zero-order chi connectivity index (χ0) is 12.7. The molecule has 0 aliphatic heterocycles. The Morgan fingerprint density at radius 1 is 1.18 bits per heavy atom. The molecule has 0 aliphatic carbocycles. The summed E-state index contributed by atoms with van der Waals surface area (Å²) in [4.78, 5) is 0. The Hall–Kier alpha value is -1.51. The minimum Gasteiger partial charge on any atom is -0.497 e. The van der Waals surface area contributed by atoms with E-state index in [1.165, 1.54) is 0 Å². The van der Waals surface area contributed by atoms with Crippen molar-refractivity contribution in [2.24, 2.45) is 0 Å². The van der Waals surface area contributed by atoms with Gasteiger partial charge in [0, 0.05) is 6.42 Å². The molecule has 0 amide bonds. The molecule has 17 heavy (non-hydrogen) atoms. The third-order valence-corrected chi connectivity index (χ3v) is 2.47. The van der Waals surface area contributed by atoms with Gasteiger partial charge in [0.2, 0.25) is 0 Å². The predicted octanol–water partition coefficient (Wildman–Crippen LogP) is 1.22. The molecule has 0 heterocycles. The smallest absolute Gasteiger partial charge is 0.265 e. The Balaban J connectivity index is 2.42. The molecule has 0 N–H and O–H groups in total. The van der Waals surface area contributed by atoms with Gasteiger partial charge < -0.3 is 4.74 Å². The highest BCUT2D eigenvalue weighted by molar-refractivity contribution is 7.85. The highest BCUT2D eigenvalue weighted by Gasteiger charge is 1.97. The Kier molecular flexibility index (Phi) is 5.01. The molecule has 0 atom stereocenters. The second-order valence-electron chi connectivity index (χ2n) is 3.34. The number of hydrogen-bond donors (Lipinski definition) is 0. The Morgan fingerprint density at radius 3 is 2.35 bits per heavy atom. The SMILES string of the molecule is COc1ccc(CC#CCOS(C)(=O)=O)cc1. The lowest BCUT2D eigenvalue weighted by atomic mass is 10.1. The fraction of sp³-hybridized carbons (Fsp3) is 0.333. The zero-order valence-corrected chi connectivity index (χ0v) is 10.6. The van der Waals surface area contributed by atoms with E-state index in [4.69, 9.17) is 4.74 Å². The molecule has 1 rings (SSSR count). The van der Waals surface area contributed by atoms with Crippen LogP contribution in [0.3, 0.4) is 0 Å². The first-order chi connectivity index (χ1) is 8.01. The maximum absolute atomic E-state index is 10.6. The van der Waals surface area contributed by atoms with Gasteiger partial charge in [0.05, 0.1) is 13.4 Å². The third-order valence-electron chi connectivity index (χ3n) is 1.92. The van der Waals surface area contributed by atoms with E-state index in [0.29, 0.717) is 6.42 Å². The van der Waals surface area contributed by atoms with Crippen LogP contribution in [0.2, 0.25) is 0 Å². The van der Waals surface area contributed by atoms with Gasteiger partial charge in [-0.3, -0.25) is 4.18 Å². The highest BCUT2D eigenvalue weighted by atomic mass is 32.2. The molecular formula is C12H14O4S. The van der Waals surface area contributed by atoms with Crippen LogP contribution in [0.1, 0.15) is 5.56 Å². The van der Waals surface area contributed by atoms with Gasteiger partial charge in [-0.25, -0.2) is 0 Å². The summed E-state index contributed by atoms with van der Waals surface area (Å²) in [6.45, 7) is -0.102. The minimum absolute atomic E-state index is 0.102. The van der Waals surface area contributed by atoms with Crippen molar-refractivity contribution in [3.8, 4) is 17.6 Å². The van der Waals surface area contributed by atoms with Gasteiger partial charge >= 0.3 is 0 Å². The van der Waals surface area contributed by atoms with Crippen molar-refractivity contribution < 1.29 is 17.3 Å². The molecule has 92 valence electrons. The van der Waals surface area contributed by atoms with Crippen molar-refractivity contribution in [2.45, 2.75) is 6.42 Å². The van der Waals surface area contributed by atoms with Gasteiger partial charge in [0.25, 0.3) is 10.1 Å². The van der Waals surface area contributed by atoms with Crippen LogP contribution in [-0.4, -0.2) is 28.4 Å². The van der Waals surface area contributed by atoms with Crippen LogP contribution in [0, 0.1) is 11.8 Å². The average Bonchev–Trinajstić information content (AvgIpc) is 2.28. The fourth-order valence-electron chi connectivity index (χ4n) is 1.10. The van der Waals surface area contributed by atoms with E-state index in [1.54, 1.807) is 7.11 Å². The van der Waals surface area contributed by atoms with Gasteiger partial charge in [-0.2, -0.15) is 8.42 Å². The molecule has 4 nitrogen and oxygen atoms in total. The predicted molar refractivity (Wildman–Crippen MR) is 65.3 cm³/mol. The monoisotopic (exact) mass is 254 g/mol. The summed E-state index contributed by atoms with van der Waals surface area (Å²) in [7, 11) is -1.79. The van der Waals surface area contributed by atoms with E-state index in [1.807, 2.05) is 24.3 Å². The van der Waals surface area contributed by atoms with E-state index < -0.39 is 10.1 Å². The highest BCUT2D eigenvalue weighted by Crippen LogP contribution is 2.11. The Bertz CT molecular complexity index is 506. The maximum Gasteiger partial charge on any atom is 0.265 e. The van der Waals surface area contributed by atoms with Crippen molar-refractivity contribution in [3.63, 3.8) is 0 Å². The quantitative estimate of drug-likeness (QED) is 0.599. The van der Waals surface area contributed by atoms with Crippen LogP contribution in [0.5, 0.6) is 5.75 Å². The first kappa shape index (κ1) is 13.6. The molecule has 0 saturated heterocycles. The lowest BCUT2D eigenvalue weighted by Gasteiger charge is -1.99. The summed E-state index contributed by atoms with van der Waals surface area (Å²) in [5.74, 6) is 6.26. The van der Waals surface area contributed by atoms with Gasteiger partial charge in [-0.1, -0.05) is 24.0 Å².